The summed E-state index contributed by atoms with van der Waals surface area (Å²) >= 11 is 0. The molecule has 5 fully saturated rings. The molecule has 1 atom stereocenters. The minimum atomic E-state index is -0.583. The van der Waals surface area contributed by atoms with Gasteiger partial charge < -0.3 is 19.6 Å². The SMILES string of the molecule is O=C1CCC(N2Cc3cc(N4CC(C5CN(C(=O)N6CC(N7CCCCC7)C6)C5)C4)ccc3C2=O)C(=O)N1. The maximum Gasteiger partial charge on any atom is 0.320 e. The Morgan fingerprint density at radius 3 is 2.32 bits per heavy atom. The molecule has 1 unspecified atom stereocenters. The highest BCUT2D eigenvalue weighted by atomic mass is 16.2. The van der Waals surface area contributed by atoms with Crippen LogP contribution in [0.5, 0.6) is 0 Å². The van der Waals surface area contributed by atoms with Crippen molar-refractivity contribution >= 4 is 29.4 Å². The van der Waals surface area contributed by atoms with Crippen LogP contribution < -0.4 is 10.2 Å². The third-order valence-corrected chi connectivity index (χ3v) is 9.67. The highest BCUT2D eigenvalue weighted by Gasteiger charge is 2.45. The van der Waals surface area contributed by atoms with Crippen LogP contribution in [0.3, 0.4) is 0 Å². The van der Waals surface area contributed by atoms with Crippen LogP contribution in [0, 0.1) is 11.8 Å². The van der Waals surface area contributed by atoms with E-state index in [-0.39, 0.29) is 30.2 Å². The topological polar surface area (TPSA) is 96.5 Å². The molecule has 0 aliphatic carbocycles. The van der Waals surface area contributed by atoms with E-state index >= 15 is 0 Å². The standard InChI is InChI=1S/C28H36N6O4/c35-25-7-6-24(26(36)29-25)34-15-18-10-21(4-5-23(18)27(34)37)31-11-19(12-31)20-13-32(14-20)28(38)33-16-22(17-33)30-8-2-1-3-9-30/h4-5,10,19-20,22,24H,1-3,6-9,11-17H2,(H,29,35,36). The molecule has 1 aromatic carbocycles. The molecule has 7 rings (SSSR count). The molecule has 6 aliphatic heterocycles. The number of anilines is 1. The number of hydrogen-bond donors (Lipinski definition) is 1. The second-order valence-corrected chi connectivity index (χ2v) is 12.0. The maximum absolute atomic E-state index is 12.9. The van der Waals surface area contributed by atoms with Gasteiger partial charge in [-0.15, -0.1) is 0 Å². The second kappa shape index (κ2) is 9.25. The first kappa shape index (κ1) is 23.9. The van der Waals surface area contributed by atoms with Crippen molar-refractivity contribution in [2.75, 3.05) is 57.3 Å². The van der Waals surface area contributed by atoms with Gasteiger partial charge in [0.1, 0.15) is 6.04 Å². The summed E-state index contributed by atoms with van der Waals surface area (Å²) in [5.41, 5.74) is 2.70. The number of urea groups is 1. The van der Waals surface area contributed by atoms with E-state index in [0.29, 0.717) is 36.4 Å². The van der Waals surface area contributed by atoms with Gasteiger partial charge >= 0.3 is 6.03 Å². The maximum atomic E-state index is 12.9. The number of likely N-dealkylation sites (tertiary alicyclic amines) is 3. The molecular weight excluding hydrogens is 484 g/mol. The Balaban J connectivity index is 0.880. The van der Waals surface area contributed by atoms with Crippen molar-refractivity contribution in [1.82, 2.24) is 24.9 Å². The Morgan fingerprint density at radius 2 is 1.58 bits per heavy atom. The molecule has 0 bridgehead atoms. The number of nitrogens with one attached hydrogen (secondary N) is 1. The molecule has 202 valence electrons. The highest BCUT2D eigenvalue weighted by molar-refractivity contribution is 6.05. The van der Waals surface area contributed by atoms with Crippen molar-refractivity contribution < 1.29 is 19.2 Å². The zero-order valence-electron chi connectivity index (χ0n) is 21.8. The van der Waals surface area contributed by atoms with E-state index in [4.69, 9.17) is 0 Å². The Bertz CT molecular complexity index is 1160. The van der Waals surface area contributed by atoms with Crippen molar-refractivity contribution in [3.8, 4) is 0 Å². The predicted octanol–water partition coefficient (Wildman–Crippen LogP) is 1.11. The summed E-state index contributed by atoms with van der Waals surface area (Å²) in [7, 11) is 0. The van der Waals surface area contributed by atoms with Gasteiger partial charge in [-0.2, -0.15) is 0 Å². The average molecular weight is 521 g/mol. The van der Waals surface area contributed by atoms with Crippen molar-refractivity contribution in [2.45, 2.75) is 50.7 Å². The summed E-state index contributed by atoms with van der Waals surface area (Å²) in [4.78, 5) is 60.1. The fourth-order valence-electron chi connectivity index (χ4n) is 7.07. The summed E-state index contributed by atoms with van der Waals surface area (Å²) < 4.78 is 0. The molecule has 0 radical (unpaired) electrons. The molecular formula is C28H36N6O4. The van der Waals surface area contributed by atoms with Crippen LogP contribution in [0.15, 0.2) is 18.2 Å². The van der Waals surface area contributed by atoms with Crippen molar-refractivity contribution in [3.63, 3.8) is 0 Å². The molecule has 0 spiro atoms. The molecule has 0 aromatic heterocycles. The van der Waals surface area contributed by atoms with Crippen LogP contribution in [0.25, 0.3) is 0 Å². The Kier molecular flexibility index (Phi) is 5.83. The Morgan fingerprint density at radius 1 is 0.868 bits per heavy atom. The number of rotatable bonds is 4. The summed E-state index contributed by atoms with van der Waals surface area (Å²) in [6, 6.07) is 6.15. The molecule has 10 heteroatoms. The molecule has 6 heterocycles. The molecule has 6 aliphatic rings. The van der Waals surface area contributed by atoms with Gasteiger partial charge in [0.05, 0.1) is 0 Å². The monoisotopic (exact) mass is 520 g/mol. The normalized spacial score (nSPS) is 27.2. The van der Waals surface area contributed by atoms with Gasteiger partial charge in [-0.3, -0.25) is 24.6 Å². The Labute approximate surface area is 222 Å². The number of carbonyl (C=O) groups is 4. The number of imide groups is 1. The zero-order chi connectivity index (χ0) is 26.0. The van der Waals surface area contributed by atoms with Gasteiger partial charge in [-0.1, -0.05) is 6.42 Å². The summed E-state index contributed by atoms with van der Waals surface area (Å²) in [5.74, 6) is 0.370. The van der Waals surface area contributed by atoms with Crippen LogP contribution in [0.1, 0.15) is 48.0 Å². The summed E-state index contributed by atoms with van der Waals surface area (Å²) in [6.07, 6.45) is 4.57. The minimum absolute atomic E-state index is 0.133. The molecule has 1 aromatic rings. The van der Waals surface area contributed by atoms with E-state index in [2.05, 4.69) is 21.2 Å². The lowest BCUT2D eigenvalue weighted by atomic mass is 9.80. The average Bonchev–Trinajstić information content (AvgIpc) is 3.14. The molecule has 1 N–H and O–H groups in total. The van der Waals surface area contributed by atoms with E-state index in [9.17, 15) is 19.2 Å². The number of nitrogens with zero attached hydrogens (tertiary/aromatic N) is 5. The van der Waals surface area contributed by atoms with Crippen molar-refractivity contribution in [3.05, 3.63) is 29.3 Å². The molecule has 0 saturated carbocycles. The smallest absolute Gasteiger partial charge is 0.320 e. The minimum Gasteiger partial charge on any atom is -0.371 e. The molecule has 38 heavy (non-hydrogen) atoms. The van der Waals surface area contributed by atoms with Gasteiger partial charge in [0.25, 0.3) is 5.91 Å². The number of carbonyl (C=O) groups excluding carboxylic acids is 4. The van der Waals surface area contributed by atoms with E-state index in [1.165, 1.54) is 32.4 Å². The number of amides is 5. The van der Waals surface area contributed by atoms with Gasteiger partial charge in [0.2, 0.25) is 11.8 Å². The van der Waals surface area contributed by atoms with Crippen LogP contribution in [-0.2, 0) is 16.1 Å². The first-order valence-electron chi connectivity index (χ1n) is 14.2. The number of benzene rings is 1. The first-order valence-corrected chi connectivity index (χ1v) is 14.2. The van der Waals surface area contributed by atoms with Crippen LogP contribution in [0.4, 0.5) is 10.5 Å². The van der Waals surface area contributed by atoms with Crippen LogP contribution >= 0.6 is 0 Å². The lowest BCUT2D eigenvalue weighted by Gasteiger charge is -2.54. The summed E-state index contributed by atoms with van der Waals surface area (Å²) in [5, 5.41) is 2.36. The lowest BCUT2D eigenvalue weighted by Crippen LogP contribution is -2.68. The van der Waals surface area contributed by atoms with E-state index in [1.807, 2.05) is 21.9 Å². The van der Waals surface area contributed by atoms with E-state index in [1.54, 1.807) is 4.90 Å². The van der Waals surface area contributed by atoms with Gasteiger partial charge in [0.15, 0.2) is 0 Å². The zero-order valence-corrected chi connectivity index (χ0v) is 21.8. The lowest BCUT2D eigenvalue weighted by molar-refractivity contribution is -0.136. The second-order valence-electron chi connectivity index (χ2n) is 12.0. The number of piperidine rings is 2. The van der Waals surface area contributed by atoms with Crippen LogP contribution in [-0.4, -0.2) is 108 Å². The third-order valence-electron chi connectivity index (χ3n) is 9.67. The molecule has 10 nitrogen and oxygen atoms in total. The van der Waals surface area contributed by atoms with Gasteiger partial charge in [0, 0.05) is 81.4 Å². The van der Waals surface area contributed by atoms with Gasteiger partial charge in [-0.25, -0.2) is 4.79 Å². The summed E-state index contributed by atoms with van der Waals surface area (Å²) in [6.45, 7) is 8.22. The largest absolute Gasteiger partial charge is 0.371 e. The number of fused-ring (bicyclic) bond motifs is 1. The fraction of sp³-hybridized carbons (Fsp3) is 0.643. The molecule has 5 amide bonds. The molecule has 5 saturated heterocycles. The highest BCUT2D eigenvalue weighted by Crippen LogP contribution is 2.37. The third kappa shape index (κ3) is 4.04. The Hall–Kier alpha value is -3.14. The van der Waals surface area contributed by atoms with E-state index < -0.39 is 6.04 Å². The predicted molar refractivity (Wildman–Crippen MR) is 139 cm³/mol. The quantitative estimate of drug-likeness (QED) is 0.598. The first-order chi connectivity index (χ1) is 18.4. The van der Waals surface area contributed by atoms with Crippen molar-refractivity contribution in [2.24, 2.45) is 11.8 Å². The number of hydrogen-bond acceptors (Lipinski definition) is 6. The van der Waals surface area contributed by atoms with E-state index in [0.717, 1.165) is 50.5 Å². The van der Waals surface area contributed by atoms with Crippen molar-refractivity contribution in [1.29, 1.82) is 0 Å². The van der Waals surface area contributed by atoms with Crippen LogP contribution in [0.2, 0.25) is 0 Å². The van der Waals surface area contributed by atoms with Gasteiger partial charge in [-0.05, 0) is 56.1 Å². The fourth-order valence-corrected chi connectivity index (χ4v) is 7.07.